The maximum absolute atomic E-state index is 12.8. The second kappa shape index (κ2) is 10.1. The van der Waals surface area contributed by atoms with E-state index in [1.807, 2.05) is 36.2 Å². The predicted octanol–water partition coefficient (Wildman–Crippen LogP) is 4.61. The molecule has 0 aromatic heterocycles. The zero-order valence-electron chi connectivity index (χ0n) is 18.0. The summed E-state index contributed by atoms with van der Waals surface area (Å²) in [5, 5.41) is 3.07. The first-order valence-electron chi connectivity index (χ1n) is 11.5. The Balaban J connectivity index is 0.00000256. The number of anilines is 1. The molecule has 0 spiro atoms. The molecule has 0 saturated heterocycles. The van der Waals surface area contributed by atoms with E-state index in [0.717, 1.165) is 44.2 Å². The summed E-state index contributed by atoms with van der Waals surface area (Å²) in [7, 11) is 1.92. The van der Waals surface area contributed by atoms with Crippen molar-refractivity contribution < 1.29 is 9.59 Å². The first kappa shape index (κ1) is 23.1. The Labute approximate surface area is 186 Å². The van der Waals surface area contributed by atoms with E-state index in [9.17, 15) is 9.59 Å². The summed E-state index contributed by atoms with van der Waals surface area (Å²) in [6.07, 6.45) is 11.3. The Morgan fingerprint density at radius 2 is 1.53 bits per heavy atom. The van der Waals surface area contributed by atoms with Crippen LogP contribution in [0.1, 0.15) is 74.6 Å². The van der Waals surface area contributed by atoms with Crippen LogP contribution in [-0.4, -0.2) is 35.8 Å². The highest BCUT2D eigenvalue weighted by molar-refractivity contribution is 5.96. The fourth-order valence-corrected chi connectivity index (χ4v) is 5.78. The van der Waals surface area contributed by atoms with Crippen LogP contribution in [0.2, 0.25) is 0 Å². The van der Waals surface area contributed by atoms with Gasteiger partial charge in [0.15, 0.2) is 0 Å². The number of nitrogens with zero attached hydrogens (tertiary/aromatic N) is 1. The van der Waals surface area contributed by atoms with E-state index in [0.29, 0.717) is 23.4 Å². The van der Waals surface area contributed by atoms with Crippen molar-refractivity contribution >= 4 is 29.9 Å². The van der Waals surface area contributed by atoms with Crippen LogP contribution in [0.25, 0.3) is 0 Å². The summed E-state index contributed by atoms with van der Waals surface area (Å²) in [6.45, 7) is 0. The molecule has 2 bridgehead atoms. The summed E-state index contributed by atoms with van der Waals surface area (Å²) in [4.78, 5) is 27.5. The molecule has 2 amide bonds. The van der Waals surface area contributed by atoms with E-state index < -0.39 is 0 Å². The molecule has 3 saturated carbocycles. The van der Waals surface area contributed by atoms with Gasteiger partial charge in [-0.1, -0.05) is 25.7 Å². The average molecular weight is 434 g/mol. The van der Waals surface area contributed by atoms with Gasteiger partial charge in [-0.3, -0.25) is 9.59 Å². The third-order valence-corrected chi connectivity index (χ3v) is 7.63. The zero-order valence-corrected chi connectivity index (χ0v) is 18.8. The van der Waals surface area contributed by atoms with Crippen molar-refractivity contribution in [3.8, 4) is 0 Å². The number of carbonyl (C=O) groups excluding carboxylic acids is 2. The molecular weight excluding hydrogens is 398 g/mol. The lowest BCUT2D eigenvalue weighted by atomic mass is 9.65. The maximum atomic E-state index is 12.8. The quantitative estimate of drug-likeness (QED) is 0.728. The topological polar surface area (TPSA) is 75.4 Å². The molecule has 1 aromatic rings. The van der Waals surface area contributed by atoms with Crippen LogP contribution in [0.3, 0.4) is 0 Å². The third-order valence-electron chi connectivity index (χ3n) is 7.63. The molecule has 166 valence electrons. The number of amides is 2. The number of nitrogens with one attached hydrogen (secondary N) is 1. The number of carbonyl (C=O) groups is 2. The number of fused-ring (bicyclic) bond motifs is 2. The third kappa shape index (κ3) is 5.00. The van der Waals surface area contributed by atoms with E-state index in [4.69, 9.17) is 5.73 Å². The molecule has 30 heavy (non-hydrogen) atoms. The SMILES string of the molecule is CN(C(=O)c1ccc(NC(=O)C2CC3CCCC(C2)C3N)cc1)C1CCCCC1.Cl. The Hall–Kier alpha value is -1.59. The lowest BCUT2D eigenvalue weighted by Crippen LogP contribution is -2.48. The maximum Gasteiger partial charge on any atom is 0.253 e. The molecule has 4 rings (SSSR count). The molecule has 3 aliphatic carbocycles. The van der Waals surface area contributed by atoms with Gasteiger partial charge in [0, 0.05) is 36.3 Å². The molecule has 6 heteroatoms. The van der Waals surface area contributed by atoms with Crippen molar-refractivity contribution in [3.05, 3.63) is 29.8 Å². The molecule has 0 heterocycles. The van der Waals surface area contributed by atoms with Gasteiger partial charge in [-0.25, -0.2) is 0 Å². The molecule has 3 fully saturated rings. The van der Waals surface area contributed by atoms with Gasteiger partial charge in [-0.2, -0.15) is 0 Å². The van der Waals surface area contributed by atoms with Crippen molar-refractivity contribution in [1.29, 1.82) is 0 Å². The highest BCUT2D eigenvalue weighted by Crippen LogP contribution is 2.42. The van der Waals surface area contributed by atoms with Crippen molar-refractivity contribution in [3.63, 3.8) is 0 Å². The summed E-state index contributed by atoms with van der Waals surface area (Å²) in [5.74, 6) is 1.22. The molecule has 5 nitrogen and oxygen atoms in total. The van der Waals surface area contributed by atoms with Gasteiger partial charge in [-0.15, -0.1) is 12.4 Å². The van der Waals surface area contributed by atoms with E-state index >= 15 is 0 Å². The van der Waals surface area contributed by atoms with Gasteiger partial charge in [0.2, 0.25) is 5.91 Å². The van der Waals surface area contributed by atoms with Gasteiger partial charge < -0.3 is 16.0 Å². The minimum atomic E-state index is 0. The van der Waals surface area contributed by atoms with E-state index in [1.165, 1.54) is 25.7 Å². The average Bonchev–Trinajstić information content (AvgIpc) is 2.73. The number of hydrogen-bond acceptors (Lipinski definition) is 3. The monoisotopic (exact) mass is 433 g/mol. The van der Waals surface area contributed by atoms with E-state index in [2.05, 4.69) is 5.32 Å². The van der Waals surface area contributed by atoms with Crippen LogP contribution in [0.5, 0.6) is 0 Å². The highest BCUT2D eigenvalue weighted by atomic mass is 35.5. The Kier molecular flexibility index (Phi) is 7.81. The normalized spacial score (nSPS) is 28.9. The minimum Gasteiger partial charge on any atom is -0.339 e. The molecule has 3 aliphatic rings. The fourth-order valence-electron chi connectivity index (χ4n) is 5.78. The second-order valence-corrected chi connectivity index (χ2v) is 9.47. The molecule has 1 aromatic carbocycles. The minimum absolute atomic E-state index is 0. The fraction of sp³-hybridized carbons (Fsp3) is 0.667. The van der Waals surface area contributed by atoms with E-state index in [1.54, 1.807) is 0 Å². The molecule has 2 atom stereocenters. The highest BCUT2D eigenvalue weighted by Gasteiger charge is 2.40. The summed E-state index contributed by atoms with van der Waals surface area (Å²) >= 11 is 0. The molecule has 0 aliphatic heterocycles. The Morgan fingerprint density at radius 1 is 0.933 bits per heavy atom. The second-order valence-electron chi connectivity index (χ2n) is 9.47. The number of rotatable bonds is 4. The van der Waals surface area contributed by atoms with Gasteiger partial charge in [-0.05, 0) is 74.6 Å². The van der Waals surface area contributed by atoms with Crippen LogP contribution in [0.15, 0.2) is 24.3 Å². The molecule has 0 radical (unpaired) electrons. The van der Waals surface area contributed by atoms with Crippen LogP contribution in [0.4, 0.5) is 5.69 Å². The number of nitrogens with two attached hydrogens (primary N) is 1. The smallest absolute Gasteiger partial charge is 0.253 e. The van der Waals surface area contributed by atoms with Gasteiger partial charge in [0.25, 0.3) is 5.91 Å². The van der Waals surface area contributed by atoms with Crippen LogP contribution in [0, 0.1) is 17.8 Å². The van der Waals surface area contributed by atoms with Gasteiger partial charge in [0.1, 0.15) is 0 Å². The predicted molar refractivity (Wildman–Crippen MR) is 123 cm³/mol. The first-order chi connectivity index (χ1) is 14.0. The lowest BCUT2D eigenvalue weighted by Gasteiger charge is -2.43. The van der Waals surface area contributed by atoms with Gasteiger partial charge in [0.05, 0.1) is 0 Å². The first-order valence-corrected chi connectivity index (χ1v) is 11.5. The Morgan fingerprint density at radius 3 is 2.13 bits per heavy atom. The summed E-state index contributed by atoms with van der Waals surface area (Å²) < 4.78 is 0. The zero-order chi connectivity index (χ0) is 20.4. The standard InChI is InChI=1S/C24H35N3O2.ClH/c1-27(21-8-3-2-4-9-21)24(29)16-10-12-20(13-11-16)26-23(28)19-14-17-6-5-7-18(15-19)22(17)25;/h10-13,17-19,21-22H,2-9,14-15,25H2,1H3,(H,26,28);1H. The molecular formula is C24H36ClN3O2. The number of hydrogen-bond donors (Lipinski definition) is 2. The number of halogens is 1. The van der Waals surface area contributed by atoms with Crippen LogP contribution < -0.4 is 11.1 Å². The largest absolute Gasteiger partial charge is 0.339 e. The van der Waals surface area contributed by atoms with E-state index in [-0.39, 0.29) is 36.2 Å². The molecule has 3 N–H and O–H groups in total. The molecule has 2 unspecified atom stereocenters. The van der Waals surface area contributed by atoms with Crippen molar-refractivity contribution in [1.82, 2.24) is 4.90 Å². The van der Waals surface area contributed by atoms with Crippen LogP contribution in [-0.2, 0) is 4.79 Å². The van der Waals surface area contributed by atoms with Crippen molar-refractivity contribution in [2.45, 2.75) is 76.3 Å². The number of benzene rings is 1. The van der Waals surface area contributed by atoms with Crippen LogP contribution >= 0.6 is 12.4 Å². The Bertz CT molecular complexity index is 718. The lowest BCUT2D eigenvalue weighted by molar-refractivity contribution is -0.122. The summed E-state index contributed by atoms with van der Waals surface area (Å²) in [6, 6.07) is 8.02. The summed E-state index contributed by atoms with van der Waals surface area (Å²) in [5.41, 5.74) is 7.81. The van der Waals surface area contributed by atoms with Crippen molar-refractivity contribution in [2.75, 3.05) is 12.4 Å². The van der Waals surface area contributed by atoms with Crippen molar-refractivity contribution in [2.24, 2.45) is 23.5 Å². The van der Waals surface area contributed by atoms with Gasteiger partial charge >= 0.3 is 0 Å².